The van der Waals surface area contributed by atoms with Crippen LogP contribution in [0.1, 0.15) is 11.1 Å². The summed E-state index contributed by atoms with van der Waals surface area (Å²) in [5.41, 5.74) is 1.99. The number of anilines is 1. The molecule has 0 heterocycles. The highest BCUT2D eigenvalue weighted by atomic mass is 35.5. The molecule has 0 unspecified atom stereocenters. The van der Waals surface area contributed by atoms with Crippen molar-refractivity contribution in [2.75, 3.05) is 19.0 Å². The molecule has 0 bridgehead atoms. The summed E-state index contributed by atoms with van der Waals surface area (Å²) in [5, 5.41) is 8.21. The fourth-order valence-electron chi connectivity index (χ4n) is 2.13. The normalized spacial score (nSPS) is 10.2. The van der Waals surface area contributed by atoms with Crippen molar-refractivity contribution in [3.05, 3.63) is 58.4 Å². The second-order valence-corrected chi connectivity index (χ2v) is 5.92. The van der Waals surface area contributed by atoms with Crippen LogP contribution in [0.4, 0.5) is 14.9 Å². The number of nitrogens with one attached hydrogen (secondary N) is 3. The molecule has 0 atom stereocenters. The molecule has 0 aliphatic heterocycles. The first-order valence-electron chi connectivity index (χ1n) is 7.79. The van der Waals surface area contributed by atoms with E-state index in [2.05, 4.69) is 16.0 Å². The molecular weight excluding hydrogens is 361 g/mol. The third-order valence-corrected chi connectivity index (χ3v) is 3.94. The number of amides is 3. The maximum absolute atomic E-state index is 12.8. The quantitative estimate of drug-likeness (QED) is 0.721. The number of benzene rings is 2. The van der Waals surface area contributed by atoms with Crippen LogP contribution >= 0.6 is 11.6 Å². The molecule has 0 fully saturated rings. The van der Waals surface area contributed by atoms with E-state index in [9.17, 15) is 14.0 Å². The molecule has 3 amide bonds. The van der Waals surface area contributed by atoms with Crippen LogP contribution in [-0.4, -0.2) is 25.6 Å². The molecule has 26 heavy (non-hydrogen) atoms. The van der Waals surface area contributed by atoms with Crippen LogP contribution in [0.5, 0.6) is 5.75 Å². The second-order valence-electron chi connectivity index (χ2n) is 5.51. The van der Waals surface area contributed by atoms with Gasteiger partial charge in [-0.2, -0.15) is 0 Å². The summed E-state index contributed by atoms with van der Waals surface area (Å²) in [4.78, 5) is 23.8. The van der Waals surface area contributed by atoms with Crippen molar-refractivity contribution < 1.29 is 18.7 Å². The number of ether oxygens (including phenoxy) is 1. The number of hydrogen-bond acceptors (Lipinski definition) is 3. The van der Waals surface area contributed by atoms with E-state index in [1.165, 1.54) is 19.2 Å². The zero-order valence-electron chi connectivity index (χ0n) is 14.4. The summed E-state index contributed by atoms with van der Waals surface area (Å²) in [7, 11) is 1.47. The zero-order valence-corrected chi connectivity index (χ0v) is 15.1. The average Bonchev–Trinajstić information content (AvgIpc) is 2.62. The molecule has 8 heteroatoms. The molecule has 0 saturated carbocycles. The Hall–Kier alpha value is -2.80. The van der Waals surface area contributed by atoms with Crippen molar-refractivity contribution in [3.8, 4) is 5.75 Å². The highest BCUT2D eigenvalue weighted by molar-refractivity contribution is 6.31. The van der Waals surface area contributed by atoms with E-state index in [-0.39, 0.29) is 18.9 Å². The van der Waals surface area contributed by atoms with Crippen molar-refractivity contribution in [1.82, 2.24) is 10.6 Å². The minimum Gasteiger partial charge on any atom is -0.495 e. The van der Waals surface area contributed by atoms with Crippen LogP contribution < -0.4 is 20.7 Å². The Kier molecular flexibility index (Phi) is 6.80. The first kappa shape index (κ1) is 19.5. The third-order valence-electron chi connectivity index (χ3n) is 3.53. The van der Waals surface area contributed by atoms with Crippen LogP contribution in [0, 0.1) is 12.7 Å². The Labute approximate surface area is 155 Å². The second kappa shape index (κ2) is 9.05. The monoisotopic (exact) mass is 379 g/mol. The SMILES string of the molecule is COc1cc(Cl)c(C)cc1NC(=O)CNC(=O)NCc1ccc(F)cc1. The fraction of sp³-hybridized carbons (Fsp3) is 0.222. The van der Waals surface area contributed by atoms with Gasteiger partial charge in [0.05, 0.1) is 19.3 Å². The number of rotatable bonds is 6. The summed E-state index contributed by atoms with van der Waals surface area (Å²) in [5.74, 6) is -0.334. The van der Waals surface area contributed by atoms with Gasteiger partial charge in [-0.15, -0.1) is 0 Å². The third kappa shape index (κ3) is 5.63. The van der Waals surface area contributed by atoms with Gasteiger partial charge in [0.25, 0.3) is 0 Å². The van der Waals surface area contributed by atoms with Crippen LogP contribution in [0.15, 0.2) is 36.4 Å². The number of halogens is 2. The van der Waals surface area contributed by atoms with E-state index in [0.717, 1.165) is 11.1 Å². The largest absolute Gasteiger partial charge is 0.495 e. The predicted molar refractivity (Wildman–Crippen MR) is 98.0 cm³/mol. The summed E-state index contributed by atoms with van der Waals surface area (Å²) in [6.45, 7) is 1.80. The van der Waals surface area contributed by atoms with E-state index < -0.39 is 11.9 Å². The van der Waals surface area contributed by atoms with Gasteiger partial charge in [-0.3, -0.25) is 4.79 Å². The number of carbonyl (C=O) groups is 2. The van der Waals surface area contributed by atoms with Crippen LogP contribution in [0.25, 0.3) is 0 Å². The summed E-state index contributed by atoms with van der Waals surface area (Å²) >= 11 is 6.02. The number of methoxy groups -OCH3 is 1. The van der Waals surface area contributed by atoms with E-state index in [0.29, 0.717) is 16.5 Å². The van der Waals surface area contributed by atoms with Gasteiger partial charge in [0, 0.05) is 17.6 Å². The lowest BCUT2D eigenvalue weighted by Gasteiger charge is -2.13. The molecule has 2 aromatic rings. The topological polar surface area (TPSA) is 79.5 Å². The zero-order chi connectivity index (χ0) is 19.1. The van der Waals surface area contributed by atoms with Gasteiger partial charge in [0.2, 0.25) is 5.91 Å². The van der Waals surface area contributed by atoms with Crippen molar-refractivity contribution in [3.63, 3.8) is 0 Å². The fourth-order valence-corrected chi connectivity index (χ4v) is 2.29. The Bertz CT molecular complexity index is 797. The van der Waals surface area contributed by atoms with Gasteiger partial charge in [-0.05, 0) is 36.2 Å². The van der Waals surface area contributed by atoms with Crippen molar-refractivity contribution in [2.24, 2.45) is 0 Å². The van der Waals surface area contributed by atoms with Crippen LogP contribution in [0.3, 0.4) is 0 Å². The van der Waals surface area contributed by atoms with Gasteiger partial charge in [-0.1, -0.05) is 23.7 Å². The maximum Gasteiger partial charge on any atom is 0.315 e. The van der Waals surface area contributed by atoms with Gasteiger partial charge in [0.1, 0.15) is 11.6 Å². The van der Waals surface area contributed by atoms with Gasteiger partial charge < -0.3 is 20.7 Å². The van der Waals surface area contributed by atoms with E-state index in [1.54, 1.807) is 31.2 Å². The lowest BCUT2D eigenvalue weighted by atomic mass is 10.2. The first-order chi connectivity index (χ1) is 12.4. The molecule has 138 valence electrons. The molecule has 0 saturated heterocycles. The molecule has 2 aromatic carbocycles. The van der Waals surface area contributed by atoms with E-state index in [1.807, 2.05) is 0 Å². The van der Waals surface area contributed by atoms with E-state index in [4.69, 9.17) is 16.3 Å². The van der Waals surface area contributed by atoms with Crippen molar-refractivity contribution in [2.45, 2.75) is 13.5 Å². The van der Waals surface area contributed by atoms with Crippen molar-refractivity contribution in [1.29, 1.82) is 0 Å². The van der Waals surface area contributed by atoms with Gasteiger partial charge in [0.15, 0.2) is 0 Å². The van der Waals surface area contributed by atoms with Crippen LogP contribution in [-0.2, 0) is 11.3 Å². The maximum atomic E-state index is 12.8. The first-order valence-corrected chi connectivity index (χ1v) is 8.17. The predicted octanol–water partition coefficient (Wildman–Crippen LogP) is 3.23. The highest BCUT2D eigenvalue weighted by Crippen LogP contribution is 2.30. The lowest BCUT2D eigenvalue weighted by molar-refractivity contribution is -0.115. The molecule has 0 spiro atoms. The Morgan fingerprint density at radius 2 is 1.85 bits per heavy atom. The average molecular weight is 380 g/mol. The van der Waals surface area contributed by atoms with Crippen molar-refractivity contribution >= 4 is 29.2 Å². The lowest BCUT2D eigenvalue weighted by Crippen LogP contribution is -2.39. The molecular formula is C18H19ClFN3O3. The summed E-state index contributed by atoms with van der Waals surface area (Å²) in [6.07, 6.45) is 0. The summed E-state index contributed by atoms with van der Waals surface area (Å²) in [6, 6.07) is 8.54. The molecule has 0 radical (unpaired) electrons. The van der Waals surface area contributed by atoms with Gasteiger partial charge in [-0.25, -0.2) is 9.18 Å². The Morgan fingerprint density at radius 1 is 1.15 bits per heavy atom. The van der Waals surface area contributed by atoms with E-state index >= 15 is 0 Å². The molecule has 6 nitrogen and oxygen atoms in total. The minimum atomic E-state index is -0.510. The standard InChI is InChI=1S/C18H19ClFN3O3/c1-11-7-15(16(26-2)8-14(11)19)23-17(24)10-22-18(25)21-9-12-3-5-13(20)6-4-12/h3-8H,9-10H2,1-2H3,(H,23,24)(H2,21,22,25). The molecule has 0 aliphatic carbocycles. The molecule has 3 N–H and O–H groups in total. The minimum absolute atomic E-state index is 0.220. The Morgan fingerprint density at radius 3 is 2.50 bits per heavy atom. The highest BCUT2D eigenvalue weighted by Gasteiger charge is 2.11. The smallest absolute Gasteiger partial charge is 0.315 e. The molecule has 0 aromatic heterocycles. The number of carbonyl (C=O) groups excluding carboxylic acids is 2. The Balaban J connectivity index is 1.82. The summed E-state index contributed by atoms with van der Waals surface area (Å²) < 4.78 is 18.0. The van der Waals surface area contributed by atoms with Crippen LogP contribution in [0.2, 0.25) is 5.02 Å². The number of aryl methyl sites for hydroxylation is 1. The molecule has 2 rings (SSSR count). The number of urea groups is 1. The number of hydrogen-bond donors (Lipinski definition) is 3. The molecule has 0 aliphatic rings. The van der Waals surface area contributed by atoms with Gasteiger partial charge >= 0.3 is 6.03 Å².